The Balaban J connectivity index is 1.16. The van der Waals surface area contributed by atoms with Crippen LogP contribution in [0, 0.1) is 0 Å². The molecule has 5 nitrogen and oxygen atoms in total. The summed E-state index contributed by atoms with van der Waals surface area (Å²) in [6, 6.07) is 14.6. The lowest BCUT2D eigenvalue weighted by molar-refractivity contribution is -0.131. The maximum atomic E-state index is 12.7. The molecule has 150 valence electrons. The summed E-state index contributed by atoms with van der Waals surface area (Å²) in [5.74, 6) is 2.38. The zero-order valence-electron chi connectivity index (χ0n) is 16.5. The lowest BCUT2D eigenvalue weighted by Crippen LogP contribution is -2.49. The van der Waals surface area contributed by atoms with Gasteiger partial charge in [0.15, 0.2) is 11.5 Å². The standard InChI is InChI=1S/C24H26N2O3/c27-23(10-9-19-17-18-5-1-2-6-20(18)19)26-13-11-25(12-14-26)21-7-3-8-22-24(21)29-16-4-15-28-22/h1-8,16,19H,9-15,17H2. The number of nitrogens with zero attached hydrogens (tertiary/aromatic N) is 2. The van der Waals surface area contributed by atoms with Crippen molar-refractivity contribution >= 4 is 11.6 Å². The van der Waals surface area contributed by atoms with Gasteiger partial charge in [0, 0.05) is 32.6 Å². The molecule has 1 atom stereocenters. The first kappa shape index (κ1) is 18.1. The molecule has 0 radical (unpaired) electrons. The number of ether oxygens (including phenoxy) is 2. The van der Waals surface area contributed by atoms with Gasteiger partial charge in [-0.3, -0.25) is 4.79 Å². The molecule has 2 aromatic carbocycles. The molecule has 2 aromatic rings. The first-order chi connectivity index (χ1) is 14.3. The minimum atomic E-state index is 0.281. The summed E-state index contributed by atoms with van der Waals surface area (Å²) in [6.45, 7) is 3.63. The minimum absolute atomic E-state index is 0.281. The Bertz CT molecular complexity index is 931. The second-order valence-corrected chi connectivity index (χ2v) is 7.91. The molecule has 0 aromatic heterocycles. The summed E-state index contributed by atoms with van der Waals surface area (Å²) < 4.78 is 11.5. The van der Waals surface area contributed by atoms with Gasteiger partial charge in [0.25, 0.3) is 0 Å². The van der Waals surface area contributed by atoms with E-state index in [1.54, 1.807) is 6.26 Å². The predicted octanol–water partition coefficient (Wildman–Crippen LogP) is 3.74. The molecule has 29 heavy (non-hydrogen) atoms. The van der Waals surface area contributed by atoms with Crippen LogP contribution in [0.5, 0.6) is 11.5 Å². The van der Waals surface area contributed by atoms with Crippen molar-refractivity contribution in [2.24, 2.45) is 0 Å². The minimum Gasteiger partial charge on any atom is -0.485 e. The number of para-hydroxylation sites is 1. The van der Waals surface area contributed by atoms with Gasteiger partial charge in [0.1, 0.15) is 6.61 Å². The van der Waals surface area contributed by atoms with Gasteiger partial charge >= 0.3 is 0 Å². The second kappa shape index (κ2) is 7.82. The van der Waals surface area contributed by atoms with Crippen molar-refractivity contribution in [3.05, 3.63) is 65.9 Å². The highest BCUT2D eigenvalue weighted by atomic mass is 16.5. The normalized spacial score (nSPS) is 19.9. The molecule has 1 saturated heterocycles. The summed E-state index contributed by atoms with van der Waals surface area (Å²) in [6.07, 6.45) is 6.27. The van der Waals surface area contributed by atoms with E-state index in [0.29, 0.717) is 18.9 Å². The van der Waals surface area contributed by atoms with Gasteiger partial charge in [-0.05, 0) is 48.1 Å². The summed E-state index contributed by atoms with van der Waals surface area (Å²) in [5.41, 5.74) is 3.92. The molecular formula is C24H26N2O3. The maximum Gasteiger partial charge on any atom is 0.222 e. The molecule has 3 aliphatic rings. The predicted molar refractivity (Wildman–Crippen MR) is 113 cm³/mol. The highest BCUT2D eigenvalue weighted by molar-refractivity contribution is 5.77. The van der Waals surface area contributed by atoms with Gasteiger partial charge in [0.2, 0.25) is 5.91 Å². The van der Waals surface area contributed by atoms with Crippen LogP contribution in [-0.2, 0) is 11.2 Å². The smallest absolute Gasteiger partial charge is 0.222 e. The van der Waals surface area contributed by atoms with Crippen molar-refractivity contribution in [2.75, 3.05) is 37.7 Å². The quantitative estimate of drug-likeness (QED) is 0.798. The zero-order valence-corrected chi connectivity index (χ0v) is 16.5. The number of amides is 1. The summed E-state index contributed by atoms with van der Waals surface area (Å²) in [4.78, 5) is 17.0. The lowest BCUT2D eigenvalue weighted by atomic mass is 9.75. The molecule has 0 saturated carbocycles. The van der Waals surface area contributed by atoms with Crippen LogP contribution in [0.25, 0.3) is 0 Å². The summed E-state index contributed by atoms with van der Waals surface area (Å²) in [7, 11) is 0. The third-order valence-corrected chi connectivity index (χ3v) is 6.22. The van der Waals surface area contributed by atoms with E-state index in [0.717, 1.165) is 56.2 Å². The van der Waals surface area contributed by atoms with E-state index in [2.05, 4.69) is 35.2 Å². The van der Waals surface area contributed by atoms with E-state index in [1.807, 2.05) is 23.1 Å². The van der Waals surface area contributed by atoms with E-state index < -0.39 is 0 Å². The van der Waals surface area contributed by atoms with Crippen LogP contribution in [0.4, 0.5) is 5.69 Å². The fraction of sp³-hybridized carbons (Fsp3) is 0.375. The van der Waals surface area contributed by atoms with Crippen LogP contribution in [0.2, 0.25) is 0 Å². The molecule has 1 amide bonds. The lowest BCUT2D eigenvalue weighted by Gasteiger charge is -2.37. The number of piperazine rings is 1. The van der Waals surface area contributed by atoms with Crippen molar-refractivity contribution < 1.29 is 14.3 Å². The SMILES string of the molecule is O=C(CCC1Cc2ccccc21)N1CCN(c2cccc3c2OC=CCO3)CC1. The molecule has 1 fully saturated rings. The molecule has 1 aliphatic carbocycles. The third kappa shape index (κ3) is 3.57. The summed E-state index contributed by atoms with van der Waals surface area (Å²) in [5, 5.41) is 0. The third-order valence-electron chi connectivity index (χ3n) is 6.22. The van der Waals surface area contributed by atoms with Crippen LogP contribution < -0.4 is 14.4 Å². The zero-order chi connectivity index (χ0) is 19.6. The number of anilines is 1. The fourth-order valence-corrected chi connectivity index (χ4v) is 4.55. The van der Waals surface area contributed by atoms with Crippen molar-refractivity contribution in [1.82, 2.24) is 4.90 Å². The van der Waals surface area contributed by atoms with Crippen LogP contribution in [0.1, 0.15) is 29.9 Å². The van der Waals surface area contributed by atoms with Gasteiger partial charge in [0.05, 0.1) is 11.9 Å². The first-order valence-electron chi connectivity index (χ1n) is 10.5. The highest BCUT2D eigenvalue weighted by Crippen LogP contribution is 2.40. The van der Waals surface area contributed by atoms with Crippen molar-refractivity contribution in [2.45, 2.75) is 25.2 Å². The van der Waals surface area contributed by atoms with Crippen LogP contribution >= 0.6 is 0 Å². The molecule has 0 spiro atoms. The average molecular weight is 390 g/mol. The number of hydrogen-bond donors (Lipinski definition) is 0. The van der Waals surface area contributed by atoms with E-state index in [-0.39, 0.29) is 5.91 Å². The van der Waals surface area contributed by atoms with E-state index in [4.69, 9.17) is 9.47 Å². The van der Waals surface area contributed by atoms with Crippen molar-refractivity contribution in [3.8, 4) is 11.5 Å². The molecule has 5 rings (SSSR count). The van der Waals surface area contributed by atoms with E-state index in [1.165, 1.54) is 11.1 Å². The monoisotopic (exact) mass is 390 g/mol. The largest absolute Gasteiger partial charge is 0.485 e. The molecular weight excluding hydrogens is 364 g/mol. The molecule has 1 unspecified atom stereocenters. The summed E-state index contributed by atoms with van der Waals surface area (Å²) >= 11 is 0. The first-order valence-corrected chi connectivity index (χ1v) is 10.5. The Morgan fingerprint density at radius 1 is 1.03 bits per heavy atom. The highest BCUT2D eigenvalue weighted by Gasteiger charge is 2.28. The van der Waals surface area contributed by atoms with Gasteiger partial charge in [-0.25, -0.2) is 0 Å². The van der Waals surface area contributed by atoms with E-state index >= 15 is 0 Å². The topological polar surface area (TPSA) is 42.0 Å². The van der Waals surface area contributed by atoms with Gasteiger partial charge < -0.3 is 19.3 Å². The Morgan fingerprint density at radius 3 is 2.76 bits per heavy atom. The fourth-order valence-electron chi connectivity index (χ4n) is 4.55. The molecule has 5 heteroatoms. The number of carbonyl (C=O) groups is 1. The number of fused-ring (bicyclic) bond motifs is 2. The van der Waals surface area contributed by atoms with Crippen LogP contribution in [-0.4, -0.2) is 43.6 Å². The molecule has 0 bridgehead atoms. The Kier molecular flexibility index (Phi) is 4.88. The van der Waals surface area contributed by atoms with Gasteiger partial charge in [-0.2, -0.15) is 0 Å². The maximum absolute atomic E-state index is 12.7. The number of hydrogen-bond acceptors (Lipinski definition) is 4. The Hall–Kier alpha value is -2.95. The van der Waals surface area contributed by atoms with Crippen molar-refractivity contribution in [3.63, 3.8) is 0 Å². The number of carbonyl (C=O) groups excluding carboxylic acids is 1. The van der Waals surface area contributed by atoms with Gasteiger partial charge in [-0.15, -0.1) is 0 Å². The van der Waals surface area contributed by atoms with E-state index in [9.17, 15) is 4.79 Å². The Labute approximate surface area is 171 Å². The molecule has 2 heterocycles. The molecule has 2 aliphatic heterocycles. The van der Waals surface area contributed by atoms with Gasteiger partial charge in [-0.1, -0.05) is 30.3 Å². The van der Waals surface area contributed by atoms with Crippen LogP contribution in [0.15, 0.2) is 54.8 Å². The average Bonchev–Trinajstić information content (AvgIpc) is 3.00. The second-order valence-electron chi connectivity index (χ2n) is 7.91. The van der Waals surface area contributed by atoms with Crippen molar-refractivity contribution in [1.29, 1.82) is 0 Å². The Morgan fingerprint density at radius 2 is 1.90 bits per heavy atom. The number of benzene rings is 2. The number of rotatable bonds is 4. The van der Waals surface area contributed by atoms with Crippen LogP contribution in [0.3, 0.4) is 0 Å². The molecule has 0 N–H and O–H groups in total.